The summed E-state index contributed by atoms with van der Waals surface area (Å²) >= 11 is 0. The van der Waals surface area contributed by atoms with Crippen LogP contribution in [-0.4, -0.2) is 20.9 Å². The van der Waals surface area contributed by atoms with Gasteiger partial charge in [-0.15, -0.1) is 0 Å². The number of rotatable bonds is 2. The van der Waals surface area contributed by atoms with E-state index in [9.17, 15) is 4.79 Å². The van der Waals surface area contributed by atoms with Crippen molar-refractivity contribution in [1.82, 2.24) is 15.0 Å². The van der Waals surface area contributed by atoms with Gasteiger partial charge in [-0.2, -0.15) is 0 Å². The van der Waals surface area contributed by atoms with Crippen molar-refractivity contribution < 1.29 is 4.79 Å². The molecule has 0 radical (unpaired) electrons. The lowest BCUT2D eigenvalue weighted by Gasteiger charge is -2.06. The first kappa shape index (κ1) is 9.64. The molecule has 0 atom stereocenters. The summed E-state index contributed by atoms with van der Waals surface area (Å²) in [6, 6.07) is 1.81. The largest absolute Gasteiger partial charge is 0.344 e. The lowest BCUT2D eigenvalue weighted by atomic mass is 10.2. The first-order chi connectivity index (χ1) is 7.18. The zero-order valence-corrected chi connectivity index (χ0v) is 8.61. The topological polar surface area (TPSA) is 70.7 Å². The molecule has 0 aliphatic carbocycles. The highest BCUT2D eigenvalue weighted by atomic mass is 16.1. The molecule has 5 heteroatoms. The van der Waals surface area contributed by atoms with E-state index in [1.54, 1.807) is 12.5 Å². The number of hydrogen-bond donors (Lipinski definition) is 2. The van der Waals surface area contributed by atoms with Crippen LogP contribution in [-0.2, 0) is 4.79 Å². The van der Waals surface area contributed by atoms with Crippen molar-refractivity contribution in [2.24, 2.45) is 5.92 Å². The average molecular weight is 204 g/mol. The number of aromatic nitrogens is 3. The van der Waals surface area contributed by atoms with Crippen molar-refractivity contribution in [2.75, 3.05) is 5.32 Å². The summed E-state index contributed by atoms with van der Waals surface area (Å²) in [5.74, 6) is 0.381. The summed E-state index contributed by atoms with van der Waals surface area (Å²) in [5.41, 5.74) is 1.55. The normalized spacial score (nSPS) is 10.9. The Balaban J connectivity index is 2.35. The van der Waals surface area contributed by atoms with Crippen LogP contribution in [0.15, 0.2) is 18.6 Å². The Bertz CT molecular complexity index is 489. The Morgan fingerprint density at radius 2 is 2.27 bits per heavy atom. The summed E-state index contributed by atoms with van der Waals surface area (Å²) in [7, 11) is 0. The van der Waals surface area contributed by atoms with E-state index in [-0.39, 0.29) is 11.8 Å². The standard InChI is InChI=1S/C10H12N4O/c1-6(2)10(15)14-9-8-7(3-4-11-9)12-5-13-8/h3-6H,1-2H3,(H,12,13)(H,11,14,15). The van der Waals surface area contributed by atoms with Crippen molar-refractivity contribution in [3.8, 4) is 0 Å². The minimum atomic E-state index is -0.0685. The number of imidazole rings is 1. The second-order valence-corrected chi connectivity index (χ2v) is 3.60. The molecule has 0 fully saturated rings. The number of carbonyl (C=O) groups excluding carboxylic acids is 1. The Labute approximate surface area is 86.9 Å². The summed E-state index contributed by atoms with van der Waals surface area (Å²) in [4.78, 5) is 22.6. The van der Waals surface area contributed by atoms with Crippen molar-refractivity contribution in [3.05, 3.63) is 18.6 Å². The van der Waals surface area contributed by atoms with E-state index in [4.69, 9.17) is 0 Å². The molecule has 2 rings (SSSR count). The number of anilines is 1. The molecule has 1 amide bonds. The fraction of sp³-hybridized carbons (Fsp3) is 0.300. The number of nitrogens with zero attached hydrogens (tertiary/aromatic N) is 2. The van der Waals surface area contributed by atoms with Gasteiger partial charge < -0.3 is 10.3 Å². The van der Waals surface area contributed by atoms with Crippen LogP contribution in [0.4, 0.5) is 5.82 Å². The molecular formula is C10H12N4O. The van der Waals surface area contributed by atoms with Gasteiger partial charge in [0.2, 0.25) is 5.91 Å². The minimum Gasteiger partial charge on any atom is -0.344 e. The van der Waals surface area contributed by atoms with E-state index in [2.05, 4.69) is 20.3 Å². The molecule has 5 nitrogen and oxygen atoms in total. The number of carbonyl (C=O) groups is 1. The van der Waals surface area contributed by atoms with Crippen LogP contribution in [0.5, 0.6) is 0 Å². The zero-order chi connectivity index (χ0) is 10.8. The predicted molar refractivity (Wildman–Crippen MR) is 57.4 cm³/mol. The number of aromatic amines is 1. The predicted octanol–water partition coefficient (Wildman–Crippen LogP) is 1.55. The highest BCUT2D eigenvalue weighted by molar-refractivity contribution is 5.98. The molecular weight excluding hydrogens is 192 g/mol. The van der Waals surface area contributed by atoms with E-state index in [0.717, 1.165) is 5.52 Å². The number of pyridine rings is 1. The first-order valence-electron chi connectivity index (χ1n) is 4.77. The SMILES string of the molecule is CC(C)C(=O)Nc1nccc2[nH]cnc12. The smallest absolute Gasteiger partial charge is 0.228 e. The molecule has 0 aromatic carbocycles. The number of hydrogen-bond acceptors (Lipinski definition) is 3. The minimum absolute atomic E-state index is 0.0574. The van der Waals surface area contributed by atoms with Gasteiger partial charge in [0.05, 0.1) is 11.8 Å². The van der Waals surface area contributed by atoms with Gasteiger partial charge in [-0.1, -0.05) is 13.8 Å². The first-order valence-corrected chi connectivity index (χ1v) is 4.77. The Hall–Kier alpha value is -1.91. The van der Waals surface area contributed by atoms with Crippen LogP contribution < -0.4 is 5.32 Å². The van der Waals surface area contributed by atoms with Gasteiger partial charge >= 0.3 is 0 Å². The maximum absolute atomic E-state index is 11.5. The molecule has 0 saturated carbocycles. The summed E-state index contributed by atoms with van der Waals surface area (Å²) in [6.45, 7) is 3.67. The Kier molecular flexibility index (Phi) is 2.37. The molecule has 0 unspecified atom stereocenters. The molecule has 0 aliphatic heterocycles. The highest BCUT2D eigenvalue weighted by Crippen LogP contribution is 2.16. The summed E-state index contributed by atoms with van der Waals surface area (Å²) < 4.78 is 0. The fourth-order valence-corrected chi connectivity index (χ4v) is 1.22. The zero-order valence-electron chi connectivity index (χ0n) is 8.61. The van der Waals surface area contributed by atoms with Crippen LogP contribution in [0.25, 0.3) is 11.0 Å². The summed E-state index contributed by atoms with van der Waals surface area (Å²) in [5, 5.41) is 2.74. The number of nitrogens with one attached hydrogen (secondary N) is 2. The molecule has 0 aliphatic rings. The van der Waals surface area contributed by atoms with Gasteiger partial charge in [-0.3, -0.25) is 4.79 Å². The third kappa shape index (κ3) is 1.81. The second-order valence-electron chi connectivity index (χ2n) is 3.60. The van der Waals surface area contributed by atoms with Crippen LogP contribution in [0.3, 0.4) is 0 Å². The maximum atomic E-state index is 11.5. The van der Waals surface area contributed by atoms with Gasteiger partial charge in [-0.05, 0) is 6.07 Å². The summed E-state index contributed by atoms with van der Waals surface area (Å²) in [6.07, 6.45) is 3.22. The molecule has 0 bridgehead atoms. The van der Waals surface area contributed by atoms with Crippen molar-refractivity contribution >= 4 is 22.8 Å². The van der Waals surface area contributed by atoms with Crippen LogP contribution >= 0.6 is 0 Å². The monoisotopic (exact) mass is 204 g/mol. The Morgan fingerprint density at radius 3 is 3.00 bits per heavy atom. The quantitative estimate of drug-likeness (QED) is 0.779. The van der Waals surface area contributed by atoms with Gasteiger partial charge in [0.25, 0.3) is 0 Å². The van der Waals surface area contributed by atoms with Gasteiger partial charge in [0.1, 0.15) is 5.52 Å². The van der Waals surface area contributed by atoms with E-state index in [0.29, 0.717) is 11.3 Å². The molecule has 2 aromatic heterocycles. The van der Waals surface area contributed by atoms with Gasteiger partial charge in [0, 0.05) is 12.1 Å². The molecule has 78 valence electrons. The lowest BCUT2D eigenvalue weighted by Crippen LogP contribution is -2.18. The molecule has 15 heavy (non-hydrogen) atoms. The van der Waals surface area contributed by atoms with Crippen LogP contribution in [0.1, 0.15) is 13.8 Å². The molecule has 0 saturated heterocycles. The van der Waals surface area contributed by atoms with Crippen molar-refractivity contribution in [3.63, 3.8) is 0 Å². The fourth-order valence-electron chi connectivity index (χ4n) is 1.22. The number of amides is 1. The number of H-pyrrole nitrogens is 1. The molecule has 2 aromatic rings. The molecule has 2 heterocycles. The molecule has 2 N–H and O–H groups in total. The van der Waals surface area contributed by atoms with E-state index in [1.807, 2.05) is 19.9 Å². The van der Waals surface area contributed by atoms with Crippen molar-refractivity contribution in [2.45, 2.75) is 13.8 Å². The molecule has 0 spiro atoms. The maximum Gasteiger partial charge on any atom is 0.228 e. The van der Waals surface area contributed by atoms with E-state index in [1.165, 1.54) is 0 Å². The number of fused-ring (bicyclic) bond motifs is 1. The van der Waals surface area contributed by atoms with Gasteiger partial charge in [0.15, 0.2) is 5.82 Å². The van der Waals surface area contributed by atoms with Crippen LogP contribution in [0.2, 0.25) is 0 Å². The van der Waals surface area contributed by atoms with Gasteiger partial charge in [-0.25, -0.2) is 9.97 Å². The second kappa shape index (κ2) is 3.68. The van der Waals surface area contributed by atoms with E-state index >= 15 is 0 Å². The van der Waals surface area contributed by atoms with Crippen LogP contribution in [0, 0.1) is 5.92 Å². The third-order valence-electron chi connectivity index (χ3n) is 2.10. The Morgan fingerprint density at radius 1 is 1.47 bits per heavy atom. The lowest BCUT2D eigenvalue weighted by molar-refractivity contribution is -0.118. The average Bonchev–Trinajstić information content (AvgIpc) is 2.66. The third-order valence-corrected chi connectivity index (χ3v) is 2.10. The highest BCUT2D eigenvalue weighted by Gasteiger charge is 2.11. The van der Waals surface area contributed by atoms with E-state index < -0.39 is 0 Å². The van der Waals surface area contributed by atoms with Crippen molar-refractivity contribution in [1.29, 1.82) is 0 Å².